The van der Waals surface area contributed by atoms with E-state index < -0.39 is 0 Å². The summed E-state index contributed by atoms with van der Waals surface area (Å²) in [6.07, 6.45) is 0. The van der Waals surface area contributed by atoms with Crippen LogP contribution in [0.4, 0.5) is 11.4 Å². The summed E-state index contributed by atoms with van der Waals surface area (Å²) in [5.41, 5.74) is 4.33. The van der Waals surface area contributed by atoms with Crippen LogP contribution in [0.15, 0.2) is 34.7 Å². The first-order valence-electron chi connectivity index (χ1n) is 7.53. The van der Waals surface area contributed by atoms with Crippen molar-refractivity contribution in [2.75, 3.05) is 12.4 Å². The number of rotatable bonds is 4. The number of ether oxygens (including phenoxy) is 1. The molecule has 0 amide bonds. The van der Waals surface area contributed by atoms with Crippen LogP contribution in [-0.4, -0.2) is 22.4 Å². The Bertz CT molecular complexity index is 864. The molecule has 2 N–H and O–H groups in total. The summed E-state index contributed by atoms with van der Waals surface area (Å²) in [5, 5.41) is 21.1. The smallest absolute Gasteiger partial charge is 0.251 e. The zero-order valence-corrected chi connectivity index (χ0v) is 14.0. The lowest BCUT2D eigenvalue weighted by molar-refractivity contribution is 0.408. The second-order valence-corrected chi connectivity index (χ2v) is 5.63. The van der Waals surface area contributed by atoms with Crippen LogP contribution < -0.4 is 10.1 Å². The number of anilines is 2. The molecule has 2 aromatic carbocycles. The van der Waals surface area contributed by atoms with E-state index in [0.717, 1.165) is 28.3 Å². The fraction of sp³-hybridized carbons (Fsp3) is 0.222. The van der Waals surface area contributed by atoms with E-state index in [1.807, 2.05) is 26.0 Å². The Kier molecular flexibility index (Phi) is 4.12. The maximum absolute atomic E-state index is 10.0. The fourth-order valence-corrected chi connectivity index (χ4v) is 2.70. The summed E-state index contributed by atoms with van der Waals surface area (Å²) in [7, 11) is 1.67. The first kappa shape index (κ1) is 15.9. The second-order valence-electron chi connectivity index (χ2n) is 5.63. The maximum atomic E-state index is 10.0. The van der Waals surface area contributed by atoms with E-state index in [1.165, 1.54) is 0 Å². The fourth-order valence-electron chi connectivity index (χ4n) is 2.70. The van der Waals surface area contributed by atoms with Crippen molar-refractivity contribution in [3.05, 3.63) is 47.3 Å². The molecule has 124 valence electrons. The minimum absolute atomic E-state index is 0.0892. The molecule has 1 aromatic heterocycles. The highest BCUT2D eigenvalue weighted by molar-refractivity contribution is 5.72. The van der Waals surface area contributed by atoms with Crippen LogP contribution in [0.5, 0.6) is 11.5 Å². The number of nitrogens with zero attached hydrogens (tertiary/aromatic N) is 2. The van der Waals surface area contributed by atoms with Gasteiger partial charge in [-0.05, 0) is 55.3 Å². The lowest BCUT2D eigenvalue weighted by Gasteiger charge is -2.13. The molecule has 0 atom stereocenters. The van der Waals surface area contributed by atoms with Crippen molar-refractivity contribution in [3.8, 4) is 23.0 Å². The van der Waals surface area contributed by atoms with Gasteiger partial charge >= 0.3 is 0 Å². The number of phenols is 1. The monoisotopic (exact) mass is 325 g/mol. The lowest BCUT2D eigenvalue weighted by Crippen LogP contribution is -1.96. The van der Waals surface area contributed by atoms with Crippen molar-refractivity contribution in [2.45, 2.75) is 20.8 Å². The lowest BCUT2D eigenvalue weighted by atomic mass is 10.1. The molecule has 0 unspecified atom stereocenters. The van der Waals surface area contributed by atoms with E-state index in [1.54, 1.807) is 32.2 Å². The molecule has 0 saturated carbocycles. The number of hydrogen-bond acceptors (Lipinski definition) is 6. The molecule has 6 nitrogen and oxygen atoms in total. The molecule has 3 aromatic rings. The van der Waals surface area contributed by atoms with Crippen LogP contribution in [0.25, 0.3) is 11.5 Å². The number of methoxy groups -OCH3 is 1. The summed E-state index contributed by atoms with van der Waals surface area (Å²) in [6.45, 7) is 5.71. The van der Waals surface area contributed by atoms with E-state index >= 15 is 0 Å². The summed E-state index contributed by atoms with van der Waals surface area (Å²) < 4.78 is 10.8. The summed E-state index contributed by atoms with van der Waals surface area (Å²) in [5.74, 6) is 1.71. The van der Waals surface area contributed by atoms with Crippen LogP contribution >= 0.6 is 0 Å². The molecule has 0 saturated heterocycles. The number of aromatic nitrogens is 2. The Morgan fingerprint density at radius 1 is 1.00 bits per heavy atom. The Morgan fingerprint density at radius 2 is 1.71 bits per heavy atom. The predicted molar refractivity (Wildman–Crippen MR) is 91.9 cm³/mol. The minimum atomic E-state index is 0.0892. The number of aromatic hydroxyl groups is 1. The van der Waals surface area contributed by atoms with Crippen molar-refractivity contribution in [1.82, 2.24) is 10.2 Å². The van der Waals surface area contributed by atoms with Gasteiger partial charge in [0.15, 0.2) is 0 Å². The summed E-state index contributed by atoms with van der Waals surface area (Å²) >= 11 is 0. The third-order valence-corrected chi connectivity index (χ3v) is 3.71. The SMILES string of the molecule is COc1c(C)cc(Nc2ccc(O)c(-c3nnc(C)o3)c2)cc1C. The highest BCUT2D eigenvalue weighted by Crippen LogP contribution is 2.33. The van der Waals surface area contributed by atoms with Gasteiger partial charge in [0.05, 0.1) is 12.7 Å². The van der Waals surface area contributed by atoms with Gasteiger partial charge in [-0.3, -0.25) is 0 Å². The van der Waals surface area contributed by atoms with E-state index in [-0.39, 0.29) is 11.6 Å². The number of aryl methyl sites for hydroxylation is 3. The van der Waals surface area contributed by atoms with Crippen molar-refractivity contribution < 1.29 is 14.3 Å². The third-order valence-electron chi connectivity index (χ3n) is 3.71. The predicted octanol–water partition coefficient (Wildman–Crippen LogP) is 4.12. The van der Waals surface area contributed by atoms with Gasteiger partial charge in [-0.2, -0.15) is 0 Å². The Balaban J connectivity index is 1.94. The molecule has 24 heavy (non-hydrogen) atoms. The average molecular weight is 325 g/mol. The first-order chi connectivity index (χ1) is 11.5. The number of phenolic OH excluding ortho intramolecular Hbond substituents is 1. The van der Waals surface area contributed by atoms with Crippen molar-refractivity contribution >= 4 is 11.4 Å². The molecule has 1 heterocycles. The molecule has 0 aliphatic carbocycles. The van der Waals surface area contributed by atoms with Gasteiger partial charge in [0.1, 0.15) is 11.5 Å². The highest BCUT2D eigenvalue weighted by Gasteiger charge is 2.13. The van der Waals surface area contributed by atoms with Crippen LogP contribution in [0.1, 0.15) is 17.0 Å². The standard InChI is InChI=1S/C18H19N3O3/c1-10-7-14(8-11(2)17(10)23-4)19-13-5-6-16(22)15(9-13)18-21-20-12(3)24-18/h5-9,19,22H,1-4H3. The van der Waals surface area contributed by atoms with Gasteiger partial charge in [0, 0.05) is 18.3 Å². The molecule has 0 fully saturated rings. The Hall–Kier alpha value is -3.02. The van der Waals surface area contributed by atoms with Gasteiger partial charge in [0.2, 0.25) is 5.89 Å². The second kappa shape index (κ2) is 6.23. The number of nitrogens with one attached hydrogen (secondary N) is 1. The Morgan fingerprint density at radius 3 is 2.29 bits per heavy atom. The molecular weight excluding hydrogens is 306 g/mol. The highest BCUT2D eigenvalue weighted by atomic mass is 16.5. The van der Waals surface area contributed by atoms with Crippen molar-refractivity contribution in [3.63, 3.8) is 0 Å². The van der Waals surface area contributed by atoms with E-state index in [0.29, 0.717) is 11.5 Å². The summed E-state index contributed by atoms with van der Waals surface area (Å²) in [6, 6.07) is 9.18. The molecule has 0 radical (unpaired) electrons. The van der Waals surface area contributed by atoms with E-state index in [4.69, 9.17) is 9.15 Å². The molecule has 6 heteroatoms. The molecule has 0 aliphatic heterocycles. The molecule has 3 rings (SSSR count). The zero-order chi connectivity index (χ0) is 17.3. The van der Waals surface area contributed by atoms with E-state index in [9.17, 15) is 5.11 Å². The molecule has 0 spiro atoms. The van der Waals surface area contributed by atoms with Crippen molar-refractivity contribution in [2.24, 2.45) is 0 Å². The van der Waals surface area contributed by atoms with Crippen LogP contribution in [0.2, 0.25) is 0 Å². The zero-order valence-electron chi connectivity index (χ0n) is 14.0. The molecule has 0 aliphatic rings. The maximum Gasteiger partial charge on any atom is 0.251 e. The van der Waals surface area contributed by atoms with Gasteiger partial charge in [-0.25, -0.2) is 0 Å². The molecule has 0 bridgehead atoms. The quantitative estimate of drug-likeness (QED) is 0.702. The van der Waals surface area contributed by atoms with Gasteiger partial charge < -0.3 is 19.6 Å². The number of benzene rings is 2. The minimum Gasteiger partial charge on any atom is -0.507 e. The van der Waals surface area contributed by atoms with Gasteiger partial charge in [-0.1, -0.05) is 0 Å². The van der Waals surface area contributed by atoms with Crippen molar-refractivity contribution in [1.29, 1.82) is 0 Å². The van der Waals surface area contributed by atoms with E-state index in [2.05, 4.69) is 15.5 Å². The largest absolute Gasteiger partial charge is 0.507 e. The number of hydrogen-bond donors (Lipinski definition) is 2. The third kappa shape index (κ3) is 3.03. The first-order valence-corrected chi connectivity index (χ1v) is 7.53. The van der Waals surface area contributed by atoms with Crippen LogP contribution in [0, 0.1) is 20.8 Å². The normalized spacial score (nSPS) is 10.7. The molecular formula is C18H19N3O3. The van der Waals surface area contributed by atoms with Gasteiger partial charge in [0.25, 0.3) is 5.89 Å². The average Bonchev–Trinajstić information content (AvgIpc) is 2.95. The van der Waals surface area contributed by atoms with Crippen LogP contribution in [0.3, 0.4) is 0 Å². The Labute approximate surface area is 140 Å². The topological polar surface area (TPSA) is 80.4 Å². The van der Waals surface area contributed by atoms with Crippen LogP contribution in [-0.2, 0) is 0 Å². The van der Waals surface area contributed by atoms with Gasteiger partial charge in [-0.15, -0.1) is 10.2 Å². The summed E-state index contributed by atoms with van der Waals surface area (Å²) in [4.78, 5) is 0.